The maximum atomic E-state index is 13.5. The van der Waals surface area contributed by atoms with Crippen LogP contribution in [0, 0.1) is 5.41 Å². The average molecular weight is 588 g/mol. The predicted molar refractivity (Wildman–Crippen MR) is 159 cm³/mol. The van der Waals surface area contributed by atoms with Crippen LogP contribution < -0.4 is 5.32 Å². The summed E-state index contributed by atoms with van der Waals surface area (Å²) in [5.41, 5.74) is 3.51. The number of aryl methyl sites for hydroxylation is 2. The van der Waals surface area contributed by atoms with Crippen LogP contribution in [0.4, 0.5) is 13.2 Å². The van der Waals surface area contributed by atoms with E-state index in [4.69, 9.17) is 0 Å². The summed E-state index contributed by atoms with van der Waals surface area (Å²) in [7, 11) is 0. The Balaban J connectivity index is 1.34. The van der Waals surface area contributed by atoms with E-state index in [0.29, 0.717) is 17.9 Å². The molecule has 0 saturated carbocycles. The molecule has 10 heteroatoms. The molecule has 0 saturated heterocycles. The van der Waals surface area contributed by atoms with Gasteiger partial charge in [0.25, 0.3) is 5.91 Å². The summed E-state index contributed by atoms with van der Waals surface area (Å²) in [5.74, 6) is -0.368. The molecule has 0 unspecified atom stereocenters. The lowest BCUT2D eigenvalue weighted by Crippen LogP contribution is -2.34. The summed E-state index contributed by atoms with van der Waals surface area (Å²) in [4.78, 5) is 20.8. The number of aromatic nitrogens is 4. The molecule has 5 rings (SSSR count). The van der Waals surface area contributed by atoms with Crippen molar-refractivity contribution in [3.8, 4) is 28.3 Å². The second-order valence-corrected chi connectivity index (χ2v) is 11.2. The van der Waals surface area contributed by atoms with Gasteiger partial charge in [0.1, 0.15) is 5.75 Å². The third kappa shape index (κ3) is 6.69. The summed E-state index contributed by atoms with van der Waals surface area (Å²) < 4.78 is 42.1. The molecule has 0 bridgehead atoms. The molecule has 3 heterocycles. The molecule has 5 aromatic rings. The first-order valence-electron chi connectivity index (χ1n) is 14.0. The molecule has 0 aliphatic carbocycles. The molecule has 43 heavy (non-hydrogen) atoms. The van der Waals surface area contributed by atoms with Crippen molar-refractivity contribution < 1.29 is 23.1 Å². The van der Waals surface area contributed by atoms with Crippen molar-refractivity contribution in [2.45, 2.75) is 46.2 Å². The highest BCUT2D eigenvalue weighted by atomic mass is 19.4. The molecular formula is C33H32F3N5O2. The van der Waals surface area contributed by atoms with E-state index in [1.54, 1.807) is 30.5 Å². The number of imidazole rings is 1. The number of phenols is 1. The van der Waals surface area contributed by atoms with Crippen molar-refractivity contribution in [2.75, 3.05) is 6.54 Å². The number of hydrogen-bond donors (Lipinski definition) is 2. The number of aromatic hydroxyl groups is 1. The molecule has 222 valence electrons. The molecule has 1 amide bonds. The van der Waals surface area contributed by atoms with Crippen molar-refractivity contribution in [2.24, 2.45) is 5.41 Å². The van der Waals surface area contributed by atoms with Gasteiger partial charge in [-0.25, -0.2) is 9.50 Å². The lowest BCUT2D eigenvalue weighted by Gasteiger charge is -2.26. The molecule has 2 N–H and O–H groups in total. The zero-order chi connectivity index (χ0) is 30.8. The van der Waals surface area contributed by atoms with E-state index in [-0.39, 0.29) is 33.9 Å². The van der Waals surface area contributed by atoms with Crippen molar-refractivity contribution in [3.05, 3.63) is 102 Å². The number of rotatable bonds is 9. The first kappa shape index (κ1) is 29.8. The first-order valence-corrected chi connectivity index (χ1v) is 14.0. The number of phenolic OH excluding ortho intramolecular Hbond substituents is 1. The monoisotopic (exact) mass is 587 g/mol. The van der Waals surface area contributed by atoms with Gasteiger partial charge >= 0.3 is 6.18 Å². The third-order valence-corrected chi connectivity index (χ3v) is 7.50. The van der Waals surface area contributed by atoms with Gasteiger partial charge in [-0.2, -0.15) is 18.3 Å². The minimum absolute atomic E-state index is 0.0521. The van der Waals surface area contributed by atoms with Crippen molar-refractivity contribution in [1.82, 2.24) is 24.9 Å². The number of amides is 1. The van der Waals surface area contributed by atoms with E-state index >= 15 is 0 Å². The van der Waals surface area contributed by atoms with Crippen LogP contribution in [-0.2, 0) is 19.0 Å². The Hall–Kier alpha value is -4.73. The number of para-hydroxylation sites is 1. The normalized spacial score (nSPS) is 12.0. The molecule has 0 fully saturated rings. The van der Waals surface area contributed by atoms with Crippen LogP contribution >= 0.6 is 0 Å². The Kier molecular flexibility index (Phi) is 8.21. The molecule has 0 aliphatic heterocycles. The number of nitrogens with one attached hydrogen (secondary N) is 1. The highest BCUT2D eigenvalue weighted by Gasteiger charge is 2.36. The number of alkyl halides is 3. The van der Waals surface area contributed by atoms with E-state index in [9.17, 15) is 23.1 Å². The third-order valence-electron chi connectivity index (χ3n) is 7.50. The van der Waals surface area contributed by atoms with Crippen molar-refractivity contribution in [1.29, 1.82) is 0 Å². The second kappa shape index (κ2) is 11.9. The van der Waals surface area contributed by atoms with Gasteiger partial charge in [0.2, 0.25) is 0 Å². The maximum absolute atomic E-state index is 13.5. The van der Waals surface area contributed by atoms with Crippen LogP contribution in [0.1, 0.15) is 54.4 Å². The zero-order valence-electron chi connectivity index (χ0n) is 24.1. The molecule has 2 aromatic carbocycles. The summed E-state index contributed by atoms with van der Waals surface area (Å²) in [6.07, 6.45) is 0.649. The van der Waals surface area contributed by atoms with Gasteiger partial charge in [-0.3, -0.25) is 9.78 Å². The maximum Gasteiger partial charge on any atom is 0.434 e. The predicted octanol–water partition coefficient (Wildman–Crippen LogP) is 7.13. The molecular weight excluding hydrogens is 555 g/mol. The summed E-state index contributed by atoms with van der Waals surface area (Å²) in [6, 6.07) is 18.6. The lowest BCUT2D eigenvalue weighted by atomic mass is 9.84. The van der Waals surface area contributed by atoms with E-state index in [2.05, 4.69) is 53.3 Å². The van der Waals surface area contributed by atoms with Gasteiger partial charge in [0.05, 0.1) is 23.1 Å². The fourth-order valence-corrected chi connectivity index (χ4v) is 5.01. The number of benzene rings is 2. The highest BCUT2D eigenvalue weighted by molar-refractivity contribution is 5.96. The molecule has 0 atom stereocenters. The van der Waals surface area contributed by atoms with Gasteiger partial charge in [0, 0.05) is 23.9 Å². The number of hydrogen-bond acceptors (Lipinski definition) is 5. The SMILES string of the molecule is CCc1ccc(-c2cn3nc(-c4cccnc4C(F)(F)F)ccc3n2)cc1CCC(C)(C)CNC(=O)c1ccccc1O. The van der Waals surface area contributed by atoms with E-state index in [1.807, 2.05) is 6.07 Å². The topological polar surface area (TPSA) is 92.4 Å². The van der Waals surface area contributed by atoms with Gasteiger partial charge < -0.3 is 10.4 Å². The van der Waals surface area contributed by atoms with Crippen LogP contribution in [-0.4, -0.2) is 37.1 Å². The summed E-state index contributed by atoms with van der Waals surface area (Å²) >= 11 is 0. The standard InChI is InChI=1S/C33H32F3N5O2/c1-4-21-11-12-23(18-22(21)15-16-32(2,3)20-38-31(43)25-8-5-6-10-28(25)42)27-19-41-29(39-27)14-13-26(40-41)24-9-7-17-37-30(24)33(34,35)36/h5-14,17-19,42H,4,15-16,20H2,1-3H3,(H,38,43). The fraction of sp³-hybridized carbons (Fsp3) is 0.273. The van der Waals surface area contributed by atoms with Crippen LogP contribution in [0.3, 0.4) is 0 Å². The zero-order valence-corrected chi connectivity index (χ0v) is 24.1. The Morgan fingerprint density at radius 1 is 0.977 bits per heavy atom. The number of halogens is 3. The quantitative estimate of drug-likeness (QED) is 0.191. The van der Waals surface area contributed by atoms with Gasteiger partial charge in [0.15, 0.2) is 11.3 Å². The van der Waals surface area contributed by atoms with Crippen molar-refractivity contribution in [3.63, 3.8) is 0 Å². The van der Waals surface area contributed by atoms with E-state index in [0.717, 1.165) is 36.6 Å². The van der Waals surface area contributed by atoms with Gasteiger partial charge in [-0.1, -0.05) is 45.0 Å². The molecule has 3 aromatic heterocycles. The van der Waals surface area contributed by atoms with Gasteiger partial charge in [-0.05, 0) is 78.3 Å². The van der Waals surface area contributed by atoms with E-state index < -0.39 is 11.9 Å². The van der Waals surface area contributed by atoms with Crippen LogP contribution in [0.15, 0.2) is 79.1 Å². The fourth-order valence-electron chi connectivity index (χ4n) is 5.01. The molecule has 0 spiro atoms. The Morgan fingerprint density at radius 3 is 2.51 bits per heavy atom. The minimum atomic E-state index is -4.60. The van der Waals surface area contributed by atoms with Crippen molar-refractivity contribution >= 4 is 11.6 Å². The highest BCUT2D eigenvalue weighted by Crippen LogP contribution is 2.35. The summed E-state index contributed by atoms with van der Waals surface area (Å²) in [5, 5.41) is 17.3. The number of carbonyl (C=O) groups is 1. The number of carbonyl (C=O) groups excluding carboxylic acids is 1. The number of fused-ring (bicyclic) bond motifs is 1. The summed E-state index contributed by atoms with van der Waals surface area (Å²) in [6.45, 7) is 6.71. The number of nitrogens with zero attached hydrogens (tertiary/aromatic N) is 4. The van der Waals surface area contributed by atoms with Crippen LogP contribution in [0.2, 0.25) is 0 Å². The first-order chi connectivity index (χ1) is 20.4. The Morgan fingerprint density at radius 2 is 1.77 bits per heavy atom. The van der Waals surface area contributed by atoms with Crippen LogP contribution in [0.25, 0.3) is 28.2 Å². The lowest BCUT2D eigenvalue weighted by molar-refractivity contribution is -0.140. The second-order valence-electron chi connectivity index (χ2n) is 11.2. The molecule has 0 radical (unpaired) electrons. The number of pyridine rings is 1. The van der Waals surface area contributed by atoms with Crippen LogP contribution in [0.5, 0.6) is 5.75 Å². The minimum Gasteiger partial charge on any atom is -0.507 e. The van der Waals surface area contributed by atoms with E-state index in [1.165, 1.54) is 34.3 Å². The molecule has 0 aliphatic rings. The largest absolute Gasteiger partial charge is 0.507 e. The average Bonchev–Trinajstić information content (AvgIpc) is 3.42. The smallest absolute Gasteiger partial charge is 0.434 e. The Bertz CT molecular complexity index is 1780. The Labute approximate surface area is 247 Å². The van der Waals surface area contributed by atoms with Gasteiger partial charge in [-0.15, -0.1) is 0 Å². The molecule has 7 nitrogen and oxygen atoms in total.